The molecular formula is C15H15ClN2O4. The van der Waals surface area contributed by atoms with E-state index in [1.807, 2.05) is 0 Å². The molecule has 1 aromatic rings. The van der Waals surface area contributed by atoms with Gasteiger partial charge in [-0.15, -0.1) is 0 Å². The van der Waals surface area contributed by atoms with E-state index in [2.05, 4.69) is 0 Å². The minimum atomic E-state index is -0.729. The number of halogens is 1. The third-order valence-corrected chi connectivity index (χ3v) is 3.06. The molecule has 0 fully saturated rings. The van der Waals surface area contributed by atoms with Crippen molar-refractivity contribution in [2.24, 2.45) is 5.73 Å². The number of nitriles is 1. The molecule has 0 saturated heterocycles. The van der Waals surface area contributed by atoms with Crippen molar-refractivity contribution < 1.29 is 19.1 Å². The van der Waals surface area contributed by atoms with Crippen LogP contribution in [0.5, 0.6) is 5.75 Å². The van der Waals surface area contributed by atoms with Gasteiger partial charge in [-0.25, -0.2) is 4.79 Å². The van der Waals surface area contributed by atoms with Gasteiger partial charge in [0.05, 0.1) is 0 Å². The molecule has 0 aliphatic rings. The third-order valence-electron chi connectivity index (χ3n) is 2.64. The maximum atomic E-state index is 11.6. The first-order chi connectivity index (χ1) is 10.3. The molecule has 2 N–H and O–H groups in total. The van der Waals surface area contributed by atoms with E-state index in [0.29, 0.717) is 10.8 Å². The molecule has 1 rings (SSSR count). The fourth-order valence-corrected chi connectivity index (χ4v) is 1.60. The molecule has 1 aromatic carbocycles. The lowest BCUT2D eigenvalue weighted by atomic mass is 10.1. The second-order valence-electron chi connectivity index (χ2n) is 4.45. The molecule has 0 heterocycles. The van der Waals surface area contributed by atoms with Crippen LogP contribution >= 0.6 is 11.6 Å². The van der Waals surface area contributed by atoms with E-state index in [4.69, 9.17) is 32.1 Å². The van der Waals surface area contributed by atoms with Crippen molar-refractivity contribution in [3.63, 3.8) is 0 Å². The monoisotopic (exact) mass is 322 g/mol. The van der Waals surface area contributed by atoms with Crippen LogP contribution in [0.3, 0.4) is 0 Å². The molecule has 0 aliphatic carbocycles. The van der Waals surface area contributed by atoms with Crippen LogP contribution in [0.2, 0.25) is 5.02 Å². The molecule has 0 spiro atoms. The SMILES string of the molecule is C/C(N)=C(/C#N)C(=O)COC(=O)COc1ccc(Cl)c(C)c1. The molecule has 0 bridgehead atoms. The molecule has 0 radical (unpaired) electrons. The lowest BCUT2D eigenvalue weighted by Gasteiger charge is -2.08. The number of allylic oxidation sites excluding steroid dienone is 1. The normalized spacial score (nSPS) is 11.2. The molecule has 22 heavy (non-hydrogen) atoms. The summed E-state index contributed by atoms with van der Waals surface area (Å²) in [4.78, 5) is 23.1. The minimum Gasteiger partial charge on any atom is -0.482 e. The highest BCUT2D eigenvalue weighted by Crippen LogP contribution is 2.20. The second-order valence-corrected chi connectivity index (χ2v) is 4.86. The Bertz CT molecular complexity index is 658. The number of ether oxygens (including phenoxy) is 2. The highest BCUT2D eigenvalue weighted by molar-refractivity contribution is 6.31. The average molecular weight is 323 g/mol. The molecule has 116 valence electrons. The summed E-state index contributed by atoms with van der Waals surface area (Å²) >= 11 is 5.87. The number of aryl methyl sites for hydroxylation is 1. The van der Waals surface area contributed by atoms with Crippen LogP contribution in [0, 0.1) is 18.3 Å². The van der Waals surface area contributed by atoms with Crippen molar-refractivity contribution in [3.05, 3.63) is 40.1 Å². The van der Waals surface area contributed by atoms with Crippen LogP contribution in [0.1, 0.15) is 12.5 Å². The summed E-state index contributed by atoms with van der Waals surface area (Å²) in [5, 5.41) is 9.34. The Labute approximate surface area is 133 Å². The van der Waals surface area contributed by atoms with Gasteiger partial charge in [-0.3, -0.25) is 4.79 Å². The highest BCUT2D eigenvalue weighted by Gasteiger charge is 2.14. The quantitative estimate of drug-likeness (QED) is 0.487. The zero-order chi connectivity index (χ0) is 16.7. The number of Topliss-reactive ketones (excluding diaryl/α,β-unsaturated/α-hetero) is 1. The zero-order valence-electron chi connectivity index (χ0n) is 12.2. The summed E-state index contributed by atoms with van der Waals surface area (Å²) in [6, 6.07) is 6.60. The first-order valence-corrected chi connectivity index (χ1v) is 6.67. The molecule has 0 unspecified atom stereocenters. The summed E-state index contributed by atoms with van der Waals surface area (Å²) in [5.41, 5.74) is 6.05. The van der Waals surface area contributed by atoms with Crippen molar-refractivity contribution >= 4 is 23.4 Å². The Morgan fingerprint density at radius 2 is 2.05 bits per heavy atom. The number of hydrogen-bond donors (Lipinski definition) is 1. The van der Waals surface area contributed by atoms with Crippen LogP contribution < -0.4 is 10.5 Å². The standard InChI is InChI=1S/C15H15ClN2O4/c1-9-5-11(3-4-13(9)16)21-8-15(20)22-7-14(19)12(6-17)10(2)18/h3-5H,7-8,18H2,1-2H3/b12-10+. The van der Waals surface area contributed by atoms with E-state index >= 15 is 0 Å². The average Bonchev–Trinajstić information content (AvgIpc) is 2.46. The second kappa shape index (κ2) is 8.05. The van der Waals surface area contributed by atoms with Gasteiger partial charge in [0.25, 0.3) is 0 Å². The minimum absolute atomic E-state index is 0.0800. The van der Waals surface area contributed by atoms with Gasteiger partial charge in [0.15, 0.2) is 13.2 Å². The third kappa shape index (κ3) is 5.11. The van der Waals surface area contributed by atoms with E-state index in [0.717, 1.165) is 5.56 Å². The van der Waals surface area contributed by atoms with E-state index in [9.17, 15) is 9.59 Å². The summed E-state index contributed by atoms with van der Waals surface area (Å²) in [5.74, 6) is -0.924. The largest absolute Gasteiger partial charge is 0.482 e. The number of carbonyl (C=O) groups excluding carboxylic acids is 2. The maximum absolute atomic E-state index is 11.6. The Morgan fingerprint density at radius 3 is 2.59 bits per heavy atom. The predicted octanol–water partition coefficient (Wildman–Crippen LogP) is 1.90. The smallest absolute Gasteiger partial charge is 0.344 e. The van der Waals surface area contributed by atoms with Gasteiger partial charge < -0.3 is 15.2 Å². The number of esters is 1. The van der Waals surface area contributed by atoms with Crippen LogP contribution in [-0.2, 0) is 14.3 Å². The van der Waals surface area contributed by atoms with Gasteiger partial charge in [-0.1, -0.05) is 11.6 Å². The highest BCUT2D eigenvalue weighted by atomic mass is 35.5. The van der Waals surface area contributed by atoms with Crippen molar-refractivity contribution in [2.75, 3.05) is 13.2 Å². The zero-order valence-corrected chi connectivity index (χ0v) is 12.9. The number of ketones is 1. The predicted molar refractivity (Wildman–Crippen MR) is 80.2 cm³/mol. The van der Waals surface area contributed by atoms with E-state index in [1.54, 1.807) is 31.2 Å². The number of nitrogens with zero attached hydrogens (tertiary/aromatic N) is 1. The number of hydrogen-bond acceptors (Lipinski definition) is 6. The van der Waals surface area contributed by atoms with E-state index in [1.165, 1.54) is 6.92 Å². The van der Waals surface area contributed by atoms with Gasteiger partial charge in [-0.05, 0) is 37.6 Å². The molecule has 7 heteroatoms. The van der Waals surface area contributed by atoms with Gasteiger partial charge in [-0.2, -0.15) is 5.26 Å². The molecule has 0 amide bonds. The maximum Gasteiger partial charge on any atom is 0.344 e. The van der Waals surface area contributed by atoms with Crippen molar-refractivity contribution in [1.82, 2.24) is 0 Å². The van der Waals surface area contributed by atoms with Gasteiger partial charge in [0.1, 0.15) is 17.4 Å². The molecule has 0 saturated carbocycles. The first kappa shape index (κ1) is 17.5. The lowest BCUT2D eigenvalue weighted by Crippen LogP contribution is -2.21. The summed E-state index contributed by atoms with van der Waals surface area (Å²) in [6.45, 7) is 2.31. The number of rotatable bonds is 6. The summed E-state index contributed by atoms with van der Waals surface area (Å²) < 4.78 is 9.96. The number of nitrogens with two attached hydrogens (primary N) is 1. The molecule has 0 aromatic heterocycles. The van der Waals surface area contributed by atoms with Crippen LogP contribution in [0.4, 0.5) is 0 Å². The molecule has 0 atom stereocenters. The summed E-state index contributed by atoms with van der Waals surface area (Å²) in [6.07, 6.45) is 0. The Balaban J connectivity index is 2.47. The molecule has 6 nitrogen and oxygen atoms in total. The summed E-state index contributed by atoms with van der Waals surface area (Å²) in [7, 11) is 0. The van der Waals surface area contributed by atoms with Crippen LogP contribution in [-0.4, -0.2) is 25.0 Å². The fourth-order valence-electron chi connectivity index (χ4n) is 1.48. The van der Waals surface area contributed by atoms with Crippen molar-refractivity contribution in [3.8, 4) is 11.8 Å². The van der Waals surface area contributed by atoms with Crippen LogP contribution in [0.15, 0.2) is 29.5 Å². The van der Waals surface area contributed by atoms with E-state index < -0.39 is 18.4 Å². The Kier molecular flexibility index (Phi) is 6.42. The Hall–Kier alpha value is -2.52. The van der Waals surface area contributed by atoms with Crippen LogP contribution in [0.25, 0.3) is 0 Å². The van der Waals surface area contributed by atoms with Crippen molar-refractivity contribution in [1.29, 1.82) is 5.26 Å². The number of carbonyl (C=O) groups is 2. The fraction of sp³-hybridized carbons (Fsp3) is 0.267. The lowest BCUT2D eigenvalue weighted by molar-refractivity contribution is -0.149. The number of benzene rings is 1. The topological polar surface area (TPSA) is 102 Å². The van der Waals surface area contributed by atoms with Gasteiger partial charge in [0.2, 0.25) is 5.78 Å². The van der Waals surface area contributed by atoms with E-state index in [-0.39, 0.29) is 17.9 Å². The first-order valence-electron chi connectivity index (χ1n) is 6.29. The van der Waals surface area contributed by atoms with Crippen molar-refractivity contribution in [2.45, 2.75) is 13.8 Å². The van der Waals surface area contributed by atoms with Gasteiger partial charge in [0, 0.05) is 10.7 Å². The molecular weight excluding hydrogens is 308 g/mol. The Morgan fingerprint density at radius 1 is 1.36 bits per heavy atom. The molecule has 0 aliphatic heterocycles. The van der Waals surface area contributed by atoms with Gasteiger partial charge >= 0.3 is 5.97 Å².